The SMILES string of the molecule is CCCCCC(CC)OP(=O)([O-])OC(CC)CCCCC.[Na+]. The first-order valence-electron chi connectivity index (χ1n) is 8.66. The predicted molar refractivity (Wildman–Crippen MR) is 86.2 cm³/mol. The third-order valence-electron chi connectivity index (χ3n) is 3.73. The van der Waals surface area contributed by atoms with Gasteiger partial charge in [-0.25, -0.2) is 0 Å². The van der Waals surface area contributed by atoms with Gasteiger partial charge in [0.15, 0.2) is 0 Å². The molecule has 0 heterocycles. The molecule has 0 saturated heterocycles. The van der Waals surface area contributed by atoms with E-state index in [4.69, 9.17) is 9.05 Å². The molecule has 0 fully saturated rings. The van der Waals surface area contributed by atoms with E-state index >= 15 is 0 Å². The van der Waals surface area contributed by atoms with Crippen molar-refractivity contribution in [2.45, 2.75) is 104 Å². The Morgan fingerprint density at radius 2 is 1.18 bits per heavy atom. The fourth-order valence-electron chi connectivity index (χ4n) is 2.30. The van der Waals surface area contributed by atoms with E-state index in [9.17, 15) is 9.46 Å². The normalized spacial score (nSPS) is 16.6. The van der Waals surface area contributed by atoms with Crippen LogP contribution in [0.4, 0.5) is 0 Å². The van der Waals surface area contributed by atoms with Crippen molar-refractivity contribution in [1.82, 2.24) is 0 Å². The topological polar surface area (TPSA) is 58.6 Å². The van der Waals surface area contributed by atoms with E-state index in [0.29, 0.717) is 12.8 Å². The molecule has 128 valence electrons. The molecular weight excluding hydrogens is 310 g/mol. The van der Waals surface area contributed by atoms with Crippen molar-refractivity contribution in [3.8, 4) is 0 Å². The van der Waals surface area contributed by atoms with Gasteiger partial charge >= 0.3 is 29.6 Å². The van der Waals surface area contributed by atoms with E-state index in [0.717, 1.165) is 51.4 Å². The summed E-state index contributed by atoms with van der Waals surface area (Å²) >= 11 is 0. The molecule has 0 radical (unpaired) electrons. The molecule has 22 heavy (non-hydrogen) atoms. The molecule has 2 unspecified atom stereocenters. The Bertz CT molecular complexity index is 265. The van der Waals surface area contributed by atoms with Crippen molar-refractivity contribution in [2.24, 2.45) is 0 Å². The second-order valence-corrected chi connectivity index (χ2v) is 7.03. The molecule has 0 aromatic rings. The van der Waals surface area contributed by atoms with E-state index in [-0.39, 0.29) is 41.8 Å². The van der Waals surface area contributed by atoms with Crippen LogP contribution in [0.15, 0.2) is 0 Å². The number of unbranched alkanes of at least 4 members (excludes halogenated alkanes) is 4. The van der Waals surface area contributed by atoms with Gasteiger partial charge in [0.05, 0.1) is 12.2 Å². The number of phosphoric acid groups is 1. The first kappa shape index (κ1) is 25.4. The second-order valence-electron chi connectivity index (χ2n) is 5.71. The van der Waals surface area contributed by atoms with Gasteiger partial charge < -0.3 is 13.9 Å². The first-order valence-corrected chi connectivity index (χ1v) is 10.1. The van der Waals surface area contributed by atoms with Gasteiger partial charge in [-0.05, 0) is 25.7 Å². The summed E-state index contributed by atoms with van der Waals surface area (Å²) < 4.78 is 22.5. The summed E-state index contributed by atoms with van der Waals surface area (Å²) in [5.41, 5.74) is 0. The Labute approximate surface area is 159 Å². The zero-order chi connectivity index (χ0) is 16.1. The molecule has 0 spiro atoms. The Morgan fingerprint density at radius 3 is 1.45 bits per heavy atom. The van der Waals surface area contributed by atoms with Gasteiger partial charge in [-0.3, -0.25) is 4.57 Å². The van der Waals surface area contributed by atoms with E-state index in [2.05, 4.69) is 13.8 Å². The molecule has 0 N–H and O–H groups in total. The number of rotatable bonds is 14. The van der Waals surface area contributed by atoms with Crippen molar-refractivity contribution in [2.75, 3.05) is 0 Å². The maximum Gasteiger partial charge on any atom is 1.00 e. The molecule has 0 amide bonds. The largest absolute Gasteiger partial charge is 1.00 e. The first-order chi connectivity index (χ1) is 9.99. The van der Waals surface area contributed by atoms with Crippen LogP contribution < -0.4 is 34.5 Å². The summed E-state index contributed by atoms with van der Waals surface area (Å²) in [6, 6.07) is 0. The summed E-state index contributed by atoms with van der Waals surface area (Å²) in [6.07, 6.45) is 8.95. The summed E-state index contributed by atoms with van der Waals surface area (Å²) in [4.78, 5) is 12.0. The van der Waals surface area contributed by atoms with E-state index in [1.165, 1.54) is 0 Å². The van der Waals surface area contributed by atoms with Crippen molar-refractivity contribution in [3.63, 3.8) is 0 Å². The quantitative estimate of drug-likeness (QED) is 0.275. The summed E-state index contributed by atoms with van der Waals surface area (Å²) in [6.45, 7) is 8.17. The zero-order valence-corrected chi connectivity index (χ0v) is 18.2. The third-order valence-corrected chi connectivity index (χ3v) is 4.84. The van der Waals surface area contributed by atoms with Crippen LogP contribution in [0.5, 0.6) is 0 Å². The van der Waals surface area contributed by atoms with Gasteiger partial charge in [0.25, 0.3) is 7.82 Å². The van der Waals surface area contributed by atoms with Gasteiger partial charge in [-0.1, -0.05) is 66.2 Å². The van der Waals surface area contributed by atoms with Crippen molar-refractivity contribution in [3.05, 3.63) is 0 Å². The summed E-state index contributed by atoms with van der Waals surface area (Å²) in [5.74, 6) is 0. The molecule has 0 aliphatic heterocycles. The molecule has 0 aromatic heterocycles. The minimum Gasteiger partial charge on any atom is -0.756 e. The molecule has 0 rings (SSSR count). The zero-order valence-electron chi connectivity index (χ0n) is 15.3. The fraction of sp³-hybridized carbons (Fsp3) is 1.00. The molecule has 4 nitrogen and oxygen atoms in total. The molecule has 6 heteroatoms. The van der Waals surface area contributed by atoms with Crippen LogP contribution in [-0.2, 0) is 13.6 Å². The molecule has 0 aliphatic rings. The molecular formula is C16H34NaO4P. The monoisotopic (exact) mass is 344 g/mol. The molecule has 0 aromatic carbocycles. The van der Waals surface area contributed by atoms with Crippen molar-refractivity contribution in [1.29, 1.82) is 0 Å². The van der Waals surface area contributed by atoms with Crippen LogP contribution in [0.2, 0.25) is 0 Å². The third kappa shape index (κ3) is 13.5. The summed E-state index contributed by atoms with van der Waals surface area (Å²) in [5, 5.41) is 0. The Hall–Kier alpha value is 1.11. The van der Waals surface area contributed by atoms with Gasteiger partial charge in [0, 0.05) is 0 Å². The van der Waals surface area contributed by atoms with Crippen LogP contribution in [0.1, 0.15) is 91.9 Å². The second kappa shape index (κ2) is 15.6. The number of hydrogen-bond donors (Lipinski definition) is 0. The van der Waals surface area contributed by atoms with Crippen molar-refractivity contribution >= 4 is 7.82 Å². The molecule has 2 atom stereocenters. The average Bonchev–Trinajstić information content (AvgIpc) is 2.45. The minimum absolute atomic E-state index is 0. The Morgan fingerprint density at radius 1 is 0.818 bits per heavy atom. The van der Waals surface area contributed by atoms with Crippen LogP contribution in [-0.4, -0.2) is 12.2 Å². The fourth-order valence-corrected chi connectivity index (χ4v) is 3.59. The van der Waals surface area contributed by atoms with E-state index in [1.54, 1.807) is 0 Å². The minimum atomic E-state index is -4.19. The van der Waals surface area contributed by atoms with E-state index < -0.39 is 7.82 Å². The molecule has 0 bridgehead atoms. The smallest absolute Gasteiger partial charge is 0.756 e. The standard InChI is InChI=1S/C16H35O4P.Na/c1-5-9-11-13-15(7-3)19-21(17,18)20-16(8-4)14-12-10-6-2;/h15-16H,5-14H2,1-4H3,(H,17,18);/q;+1/p-1. The van der Waals surface area contributed by atoms with Crippen LogP contribution in [0.3, 0.4) is 0 Å². The van der Waals surface area contributed by atoms with Gasteiger partial charge in [-0.15, -0.1) is 0 Å². The van der Waals surface area contributed by atoms with Crippen molar-refractivity contribution < 1.29 is 48.1 Å². The van der Waals surface area contributed by atoms with Crippen LogP contribution in [0, 0.1) is 0 Å². The average molecular weight is 344 g/mol. The Balaban J connectivity index is 0. The maximum absolute atomic E-state index is 12.0. The van der Waals surface area contributed by atoms with Crippen LogP contribution >= 0.6 is 7.82 Å². The maximum atomic E-state index is 12.0. The number of hydrogen-bond acceptors (Lipinski definition) is 4. The molecule has 0 aliphatic carbocycles. The summed E-state index contributed by atoms with van der Waals surface area (Å²) in [7, 11) is -4.19. The molecule has 0 saturated carbocycles. The predicted octanol–water partition coefficient (Wildman–Crippen LogP) is 2.21. The Kier molecular flexibility index (Phi) is 18.0. The van der Waals surface area contributed by atoms with Gasteiger partial charge in [0.2, 0.25) is 0 Å². The van der Waals surface area contributed by atoms with Crippen LogP contribution in [0.25, 0.3) is 0 Å². The van der Waals surface area contributed by atoms with E-state index in [1.807, 2.05) is 13.8 Å². The number of phosphoric ester groups is 1. The van der Waals surface area contributed by atoms with Gasteiger partial charge in [-0.2, -0.15) is 0 Å². The van der Waals surface area contributed by atoms with Gasteiger partial charge in [0.1, 0.15) is 0 Å².